The lowest BCUT2D eigenvalue weighted by Gasteiger charge is -2.11. The summed E-state index contributed by atoms with van der Waals surface area (Å²) >= 11 is 0. The standard InChI is InChI=1S/C16H18O4Si/c17-16(18)15(20-21)10-12-6-8-14(9-7-12)19-11-13-4-2-1-3-5-13/h1-9,15H,10-11H2,21H3,(H,17,18). The molecule has 0 heterocycles. The molecule has 4 nitrogen and oxygen atoms in total. The van der Waals surface area contributed by atoms with Gasteiger partial charge < -0.3 is 14.3 Å². The SMILES string of the molecule is O=C(O)C(Cc1ccc(OCc2ccccc2)cc1)O[SiH3]. The number of rotatable bonds is 7. The number of carboxylic acids is 1. The smallest absolute Gasteiger partial charge is 0.331 e. The molecule has 110 valence electrons. The largest absolute Gasteiger partial charge is 0.489 e. The zero-order valence-corrected chi connectivity index (χ0v) is 13.9. The molecule has 0 saturated heterocycles. The van der Waals surface area contributed by atoms with E-state index in [1.807, 2.05) is 54.6 Å². The maximum absolute atomic E-state index is 10.9. The lowest BCUT2D eigenvalue weighted by atomic mass is 10.1. The third kappa shape index (κ3) is 4.73. The molecular formula is C16H18O4Si. The van der Waals surface area contributed by atoms with Crippen LogP contribution in [0.2, 0.25) is 0 Å². The topological polar surface area (TPSA) is 55.8 Å². The summed E-state index contributed by atoms with van der Waals surface area (Å²) in [4.78, 5) is 10.9. The summed E-state index contributed by atoms with van der Waals surface area (Å²) in [6.07, 6.45) is -0.384. The highest BCUT2D eigenvalue weighted by molar-refractivity contribution is 5.99. The summed E-state index contributed by atoms with van der Waals surface area (Å²) in [7, 11) is 0.410. The average Bonchev–Trinajstić information content (AvgIpc) is 2.52. The van der Waals surface area contributed by atoms with E-state index in [4.69, 9.17) is 14.3 Å². The first-order chi connectivity index (χ1) is 10.2. The van der Waals surface area contributed by atoms with Gasteiger partial charge in [-0.3, -0.25) is 0 Å². The van der Waals surface area contributed by atoms with Gasteiger partial charge in [-0.25, -0.2) is 4.79 Å². The van der Waals surface area contributed by atoms with Crippen LogP contribution in [0.3, 0.4) is 0 Å². The Morgan fingerprint density at radius 1 is 1.05 bits per heavy atom. The van der Waals surface area contributed by atoms with Gasteiger partial charge in [0.25, 0.3) is 0 Å². The minimum atomic E-state index is -0.922. The van der Waals surface area contributed by atoms with Gasteiger partial charge in [0.05, 0.1) is 0 Å². The van der Waals surface area contributed by atoms with Crippen LogP contribution >= 0.6 is 0 Å². The van der Waals surface area contributed by atoms with Crippen LogP contribution in [0.25, 0.3) is 0 Å². The molecule has 1 atom stereocenters. The fraction of sp³-hybridized carbons (Fsp3) is 0.188. The van der Waals surface area contributed by atoms with E-state index in [0.29, 0.717) is 23.5 Å². The van der Waals surface area contributed by atoms with Gasteiger partial charge in [0.15, 0.2) is 0 Å². The summed E-state index contributed by atoms with van der Waals surface area (Å²) in [5.41, 5.74) is 2.03. The highest BCUT2D eigenvalue weighted by Gasteiger charge is 2.15. The minimum absolute atomic E-state index is 0.373. The molecule has 2 rings (SSSR count). The number of hydrogen-bond acceptors (Lipinski definition) is 3. The van der Waals surface area contributed by atoms with Gasteiger partial charge in [0.2, 0.25) is 0 Å². The van der Waals surface area contributed by atoms with Gasteiger partial charge in [-0.15, -0.1) is 0 Å². The Bertz CT molecular complexity index is 569. The summed E-state index contributed by atoms with van der Waals surface area (Å²) in [5, 5.41) is 8.97. The Morgan fingerprint density at radius 2 is 1.71 bits per heavy atom. The quantitative estimate of drug-likeness (QED) is 0.789. The van der Waals surface area contributed by atoms with Crippen molar-refractivity contribution >= 4 is 16.5 Å². The predicted molar refractivity (Wildman–Crippen MR) is 83.4 cm³/mol. The zero-order chi connectivity index (χ0) is 15.1. The average molecular weight is 302 g/mol. The molecule has 0 aromatic heterocycles. The van der Waals surface area contributed by atoms with E-state index in [1.165, 1.54) is 0 Å². The Kier molecular flexibility index (Phi) is 5.54. The normalized spacial score (nSPS) is 12.0. The third-order valence-corrected chi connectivity index (χ3v) is 3.72. The molecule has 0 aliphatic heterocycles. The van der Waals surface area contributed by atoms with Gasteiger partial charge in [-0.05, 0) is 23.3 Å². The molecule has 0 spiro atoms. The molecule has 2 aromatic carbocycles. The van der Waals surface area contributed by atoms with Gasteiger partial charge >= 0.3 is 5.97 Å². The maximum atomic E-state index is 10.9. The van der Waals surface area contributed by atoms with Crippen LogP contribution < -0.4 is 4.74 Å². The van der Waals surface area contributed by atoms with E-state index >= 15 is 0 Å². The molecule has 0 aliphatic carbocycles. The highest BCUT2D eigenvalue weighted by Crippen LogP contribution is 2.15. The van der Waals surface area contributed by atoms with Crippen molar-refractivity contribution in [3.05, 3.63) is 65.7 Å². The molecule has 2 aromatic rings. The van der Waals surface area contributed by atoms with E-state index in [9.17, 15) is 4.79 Å². The Hall–Kier alpha value is -2.11. The van der Waals surface area contributed by atoms with Crippen LogP contribution in [0.1, 0.15) is 11.1 Å². The molecule has 0 bridgehead atoms. The molecule has 0 aliphatic rings. The molecule has 0 amide bonds. The van der Waals surface area contributed by atoms with Gasteiger partial charge in [-0.1, -0.05) is 42.5 Å². The third-order valence-electron chi connectivity index (χ3n) is 3.15. The number of carboxylic acid groups (broad SMARTS) is 1. The number of ether oxygens (including phenoxy) is 1. The molecule has 1 N–H and O–H groups in total. The van der Waals surface area contributed by atoms with Gasteiger partial charge in [0, 0.05) is 6.42 Å². The van der Waals surface area contributed by atoms with Crippen molar-refractivity contribution in [1.82, 2.24) is 0 Å². The highest BCUT2D eigenvalue weighted by atomic mass is 28.2. The van der Waals surface area contributed by atoms with Crippen LogP contribution in [0.4, 0.5) is 0 Å². The number of hydrogen-bond donors (Lipinski definition) is 1. The molecule has 0 saturated carbocycles. The van der Waals surface area contributed by atoms with E-state index < -0.39 is 12.1 Å². The minimum Gasteiger partial charge on any atom is -0.489 e. The van der Waals surface area contributed by atoms with Crippen LogP contribution in [0.15, 0.2) is 54.6 Å². The molecular weight excluding hydrogens is 284 g/mol. The van der Waals surface area contributed by atoms with Crippen molar-refractivity contribution in [2.75, 3.05) is 0 Å². The molecule has 0 radical (unpaired) electrons. The van der Waals surface area contributed by atoms with E-state index in [1.54, 1.807) is 0 Å². The van der Waals surface area contributed by atoms with Gasteiger partial charge in [-0.2, -0.15) is 0 Å². The lowest BCUT2D eigenvalue weighted by molar-refractivity contribution is -0.144. The van der Waals surface area contributed by atoms with Crippen LogP contribution in [-0.2, 0) is 22.2 Å². The van der Waals surface area contributed by atoms with E-state index in [2.05, 4.69) is 0 Å². The second-order valence-electron chi connectivity index (χ2n) is 4.68. The molecule has 0 fully saturated rings. The summed E-state index contributed by atoms with van der Waals surface area (Å²) in [5.74, 6) is -0.157. The Morgan fingerprint density at radius 3 is 2.29 bits per heavy atom. The van der Waals surface area contributed by atoms with E-state index in [-0.39, 0.29) is 0 Å². The Labute approximate surface area is 126 Å². The monoisotopic (exact) mass is 302 g/mol. The lowest BCUT2D eigenvalue weighted by Crippen LogP contribution is -2.25. The predicted octanol–water partition coefficient (Wildman–Crippen LogP) is 1.56. The maximum Gasteiger partial charge on any atom is 0.331 e. The van der Waals surface area contributed by atoms with Crippen molar-refractivity contribution in [2.24, 2.45) is 0 Å². The fourth-order valence-electron chi connectivity index (χ4n) is 1.95. The second-order valence-corrected chi connectivity index (χ2v) is 5.16. The van der Waals surface area contributed by atoms with Crippen LogP contribution in [-0.4, -0.2) is 27.7 Å². The van der Waals surface area contributed by atoms with Crippen molar-refractivity contribution in [1.29, 1.82) is 0 Å². The second kappa shape index (κ2) is 7.61. The first kappa shape index (κ1) is 15.3. The van der Waals surface area contributed by atoms with Crippen LogP contribution in [0.5, 0.6) is 5.75 Å². The van der Waals surface area contributed by atoms with Gasteiger partial charge in [0.1, 0.15) is 28.9 Å². The first-order valence-corrected chi connectivity index (χ1v) is 7.52. The summed E-state index contributed by atoms with van der Waals surface area (Å²) < 4.78 is 10.7. The number of aliphatic carboxylic acids is 1. The number of carbonyl (C=O) groups is 1. The first-order valence-electron chi connectivity index (χ1n) is 6.70. The summed E-state index contributed by atoms with van der Waals surface area (Å²) in [6.45, 7) is 0.515. The molecule has 1 unspecified atom stereocenters. The van der Waals surface area contributed by atoms with Crippen molar-refractivity contribution in [2.45, 2.75) is 19.1 Å². The zero-order valence-electron chi connectivity index (χ0n) is 11.9. The van der Waals surface area contributed by atoms with Crippen molar-refractivity contribution in [3.8, 4) is 5.75 Å². The fourth-order valence-corrected chi connectivity index (χ4v) is 2.32. The van der Waals surface area contributed by atoms with Crippen LogP contribution in [0, 0.1) is 0 Å². The number of benzene rings is 2. The van der Waals surface area contributed by atoms with Crippen molar-refractivity contribution in [3.63, 3.8) is 0 Å². The molecule has 5 heteroatoms. The Balaban J connectivity index is 1.91. The molecule has 21 heavy (non-hydrogen) atoms. The van der Waals surface area contributed by atoms with E-state index in [0.717, 1.165) is 16.9 Å². The van der Waals surface area contributed by atoms with Crippen molar-refractivity contribution < 1.29 is 19.1 Å². The summed E-state index contributed by atoms with van der Waals surface area (Å²) in [6, 6.07) is 17.4.